The first-order chi connectivity index (χ1) is 12.3. The summed E-state index contributed by atoms with van der Waals surface area (Å²) < 4.78 is 32.3. The number of hydrogen-bond acceptors (Lipinski definition) is 5. The summed E-state index contributed by atoms with van der Waals surface area (Å²) in [7, 11) is -2.41. The first-order valence-electron chi connectivity index (χ1n) is 8.50. The van der Waals surface area contributed by atoms with Crippen LogP contribution in [0, 0.1) is 0 Å². The number of amides is 1. The number of carboxylic acids is 1. The fraction of sp³-hybridized carbons (Fsp3) is 0.529. The highest BCUT2D eigenvalue weighted by Gasteiger charge is 2.31. The second-order valence-electron chi connectivity index (χ2n) is 6.10. The van der Waals surface area contributed by atoms with Crippen LogP contribution in [0.4, 0.5) is 0 Å². The average molecular weight is 384 g/mol. The first-order valence-corrected chi connectivity index (χ1v) is 9.94. The number of sulfonamides is 1. The van der Waals surface area contributed by atoms with Crippen molar-refractivity contribution in [3.63, 3.8) is 0 Å². The van der Waals surface area contributed by atoms with E-state index in [0.717, 1.165) is 12.8 Å². The minimum Gasteiger partial charge on any atom is -0.495 e. The van der Waals surface area contributed by atoms with Crippen molar-refractivity contribution >= 4 is 21.9 Å². The number of aliphatic carboxylic acids is 1. The molecule has 0 bridgehead atoms. The Labute approximate surface area is 153 Å². The van der Waals surface area contributed by atoms with Gasteiger partial charge in [-0.15, -0.1) is 0 Å². The molecule has 1 aromatic carbocycles. The van der Waals surface area contributed by atoms with Crippen LogP contribution >= 0.6 is 0 Å². The Balaban J connectivity index is 2.42. The van der Waals surface area contributed by atoms with Crippen molar-refractivity contribution in [1.29, 1.82) is 0 Å². The SMILES string of the molecule is CCCN(CC(=O)O)C(=O)c1ccc(OC)c(S(=O)(=O)N2CCCC2)c1. The molecule has 9 heteroatoms. The third-order valence-electron chi connectivity index (χ3n) is 4.20. The van der Waals surface area contributed by atoms with E-state index in [4.69, 9.17) is 9.84 Å². The van der Waals surface area contributed by atoms with E-state index < -0.39 is 28.4 Å². The quantitative estimate of drug-likeness (QED) is 0.727. The van der Waals surface area contributed by atoms with Crippen molar-refractivity contribution in [3.8, 4) is 5.75 Å². The van der Waals surface area contributed by atoms with Crippen molar-refractivity contribution in [2.75, 3.05) is 33.3 Å². The van der Waals surface area contributed by atoms with Crippen LogP contribution in [-0.4, -0.2) is 67.9 Å². The number of benzene rings is 1. The molecule has 1 saturated heterocycles. The summed E-state index contributed by atoms with van der Waals surface area (Å²) in [5.41, 5.74) is 0.123. The third kappa shape index (κ3) is 4.34. The minimum atomic E-state index is -3.78. The number of carbonyl (C=O) groups is 2. The Morgan fingerprint density at radius 3 is 2.46 bits per heavy atom. The van der Waals surface area contributed by atoms with Crippen molar-refractivity contribution < 1.29 is 27.9 Å². The molecule has 0 unspecified atom stereocenters. The zero-order valence-corrected chi connectivity index (χ0v) is 15.8. The fourth-order valence-electron chi connectivity index (χ4n) is 2.95. The molecule has 1 aliphatic rings. The molecule has 0 saturated carbocycles. The Morgan fingerprint density at radius 2 is 1.92 bits per heavy atom. The molecular weight excluding hydrogens is 360 g/mol. The topological polar surface area (TPSA) is 104 Å². The van der Waals surface area contributed by atoms with E-state index in [1.54, 1.807) is 0 Å². The van der Waals surface area contributed by atoms with Gasteiger partial charge in [-0.2, -0.15) is 4.31 Å². The van der Waals surface area contributed by atoms with Crippen LogP contribution in [0.5, 0.6) is 5.75 Å². The monoisotopic (exact) mass is 384 g/mol. The number of nitrogens with zero attached hydrogens (tertiary/aromatic N) is 2. The van der Waals surface area contributed by atoms with E-state index >= 15 is 0 Å². The smallest absolute Gasteiger partial charge is 0.323 e. The Morgan fingerprint density at radius 1 is 1.27 bits per heavy atom. The number of methoxy groups -OCH3 is 1. The lowest BCUT2D eigenvalue weighted by molar-refractivity contribution is -0.137. The number of carbonyl (C=O) groups excluding carboxylic acids is 1. The van der Waals surface area contributed by atoms with Crippen LogP contribution in [0.3, 0.4) is 0 Å². The molecule has 0 spiro atoms. The van der Waals surface area contributed by atoms with Crippen LogP contribution in [0.15, 0.2) is 23.1 Å². The van der Waals surface area contributed by atoms with Crippen LogP contribution < -0.4 is 4.74 Å². The highest BCUT2D eigenvalue weighted by molar-refractivity contribution is 7.89. The molecule has 8 nitrogen and oxygen atoms in total. The molecule has 1 aliphatic heterocycles. The second-order valence-corrected chi connectivity index (χ2v) is 8.00. The van der Waals surface area contributed by atoms with Crippen molar-refractivity contribution in [1.82, 2.24) is 9.21 Å². The van der Waals surface area contributed by atoms with Gasteiger partial charge < -0.3 is 14.7 Å². The summed E-state index contributed by atoms with van der Waals surface area (Å²) in [6.45, 7) is 2.53. The van der Waals surface area contributed by atoms with Gasteiger partial charge in [-0.25, -0.2) is 8.42 Å². The maximum Gasteiger partial charge on any atom is 0.323 e. The van der Waals surface area contributed by atoms with Crippen molar-refractivity contribution in [3.05, 3.63) is 23.8 Å². The van der Waals surface area contributed by atoms with Crippen LogP contribution in [0.1, 0.15) is 36.5 Å². The highest BCUT2D eigenvalue weighted by atomic mass is 32.2. The molecule has 1 aromatic rings. The van der Waals surface area contributed by atoms with Crippen LogP contribution in [0.25, 0.3) is 0 Å². The molecule has 1 heterocycles. The Bertz CT molecular complexity index is 771. The van der Waals surface area contributed by atoms with Gasteiger partial charge in [-0.3, -0.25) is 9.59 Å². The van der Waals surface area contributed by atoms with Crippen LogP contribution in [0.2, 0.25) is 0 Å². The molecule has 0 radical (unpaired) electrons. The first kappa shape index (κ1) is 20.2. The van der Waals surface area contributed by atoms with Gasteiger partial charge in [0.15, 0.2) is 0 Å². The van der Waals surface area contributed by atoms with Gasteiger partial charge in [0.05, 0.1) is 7.11 Å². The maximum absolute atomic E-state index is 12.9. The lowest BCUT2D eigenvalue weighted by Crippen LogP contribution is -2.36. The van der Waals surface area contributed by atoms with Gasteiger partial charge in [0.2, 0.25) is 10.0 Å². The van der Waals surface area contributed by atoms with E-state index in [0.29, 0.717) is 19.5 Å². The molecule has 2 rings (SSSR count). The van der Waals surface area contributed by atoms with E-state index in [2.05, 4.69) is 0 Å². The highest BCUT2D eigenvalue weighted by Crippen LogP contribution is 2.30. The summed E-state index contributed by atoms with van der Waals surface area (Å²) in [6.07, 6.45) is 2.18. The van der Waals surface area contributed by atoms with E-state index in [1.807, 2.05) is 6.92 Å². The largest absolute Gasteiger partial charge is 0.495 e. The fourth-order valence-corrected chi connectivity index (χ4v) is 4.65. The van der Waals surface area contributed by atoms with E-state index in [1.165, 1.54) is 34.5 Å². The van der Waals surface area contributed by atoms with Gasteiger partial charge in [-0.05, 0) is 37.5 Å². The van der Waals surface area contributed by atoms with Crippen LogP contribution in [-0.2, 0) is 14.8 Å². The Hall–Kier alpha value is -2.13. The molecule has 1 amide bonds. The lowest BCUT2D eigenvalue weighted by atomic mass is 10.2. The number of rotatable bonds is 8. The van der Waals surface area contributed by atoms with Gasteiger partial charge in [0.25, 0.3) is 5.91 Å². The number of carboxylic acid groups (broad SMARTS) is 1. The lowest BCUT2D eigenvalue weighted by Gasteiger charge is -2.22. The number of hydrogen-bond donors (Lipinski definition) is 1. The zero-order chi connectivity index (χ0) is 19.3. The summed E-state index contributed by atoms with van der Waals surface area (Å²) in [5, 5.41) is 9.00. The zero-order valence-electron chi connectivity index (χ0n) is 15.0. The normalized spacial score (nSPS) is 15.0. The molecule has 0 atom stereocenters. The Kier molecular flexibility index (Phi) is 6.60. The summed E-state index contributed by atoms with van der Waals surface area (Å²) in [5.74, 6) is -1.48. The van der Waals surface area contributed by atoms with Crippen molar-refractivity contribution in [2.24, 2.45) is 0 Å². The average Bonchev–Trinajstić information content (AvgIpc) is 3.15. The van der Waals surface area contributed by atoms with E-state index in [-0.39, 0.29) is 22.8 Å². The van der Waals surface area contributed by atoms with Crippen molar-refractivity contribution in [2.45, 2.75) is 31.1 Å². The summed E-state index contributed by atoms with van der Waals surface area (Å²) >= 11 is 0. The van der Waals surface area contributed by atoms with Gasteiger partial charge in [0, 0.05) is 25.2 Å². The molecular formula is C17H24N2O6S. The molecule has 1 N–H and O–H groups in total. The molecule has 1 fully saturated rings. The third-order valence-corrected chi connectivity index (χ3v) is 6.12. The van der Waals surface area contributed by atoms with E-state index in [9.17, 15) is 18.0 Å². The number of ether oxygens (including phenoxy) is 1. The predicted molar refractivity (Wildman–Crippen MR) is 94.8 cm³/mol. The predicted octanol–water partition coefficient (Wildman–Crippen LogP) is 1.42. The molecule has 144 valence electrons. The molecule has 0 aliphatic carbocycles. The second kappa shape index (κ2) is 8.50. The standard InChI is InChI=1S/C17H24N2O6S/c1-3-8-18(12-16(20)21)17(22)13-6-7-14(25-2)15(11-13)26(23,24)19-9-4-5-10-19/h6-7,11H,3-5,8-10,12H2,1-2H3,(H,20,21). The van der Waals surface area contributed by atoms with Gasteiger partial charge in [0.1, 0.15) is 17.2 Å². The molecule has 0 aromatic heterocycles. The maximum atomic E-state index is 12.9. The molecule has 26 heavy (non-hydrogen) atoms. The van der Waals surface area contributed by atoms with Gasteiger partial charge in [-0.1, -0.05) is 6.92 Å². The summed E-state index contributed by atoms with van der Waals surface area (Å²) in [4.78, 5) is 24.8. The minimum absolute atomic E-state index is 0.0699. The summed E-state index contributed by atoms with van der Waals surface area (Å²) in [6, 6.07) is 4.16. The van der Waals surface area contributed by atoms with Gasteiger partial charge >= 0.3 is 5.97 Å².